The van der Waals surface area contributed by atoms with Gasteiger partial charge in [-0.25, -0.2) is 0 Å². The number of amides is 1. The molecule has 31 heavy (non-hydrogen) atoms. The van der Waals surface area contributed by atoms with Crippen molar-refractivity contribution in [3.8, 4) is 0 Å². The molecule has 1 heterocycles. The molecule has 0 aromatic heterocycles. The van der Waals surface area contributed by atoms with Crippen LogP contribution >= 0.6 is 0 Å². The molecule has 6 aliphatic rings. The second-order valence-electron chi connectivity index (χ2n) is 12.7. The van der Waals surface area contributed by atoms with E-state index in [9.17, 15) is 9.90 Å². The van der Waals surface area contributed by atoms with Gasteiger partial charge in [0.1, 0.15) is 5.60 Å². The van der Waals surface area contributed by atoms with Gasteiger partial charge < -0.3 is 14.9 Å². The van der Waals surface area contributed by atoms with E-state index in [-0.39, 0.29) is 11.9 Å². The summed E-state index contributed by atoms with van der Waals surface area (Å²) in [7, 11) is 4.29. The number of aliphatic hydroxyl groups is 1. The highest BCUT2D eigenvalue weighted by Gasteiger charge is 2.64. The number of carbonyl (C=O) groups is 1. The topological polar surface area (TPSA) is 43.8 Å². The van der Waals surface area contributed by atoms with Gasteiger partial charge in [0.15, 0.2) is 0 Å². The van der Waals surface area contributed by atoms with E-state index in [4.69, 9.17) is 0 Å². The molecule has 1 saturated heterocycles. The fourth-order valence-corrected chi connectivity index (χ4v) is 9.60. The number of likely N-dealkylation sites (tertiary alicyclic amines) is 1. The fraction of sp³-hybridized carbons (Fsp3) is 0.889. The van der Waals surface area contributed by atoms with E-state index < -0.39 is 5.60 Å². The average molecular weight is 427 g/mol. The Morgan fingerprint density at radius 1 is 1.10 bits per heavy atom. The standard InChI is InChI=1S/C27H42N2O2/c1-17-21-7-8-23-20-6-5-18-15-19(29(4)24(30)27(31)13-14-27)9-11-25(18,2)22(20)10-12-26(21,23)16-28(17)3/h5,17,19-23,31H,6-16H2,1-4H3/t17-,19-,20+,21+,22?,23-,25-,26-/m0/s1. The zero-order valence-electron chi connectivity index (χ0n) is 20.1. The summed E-state index contributed by atoms with van der Waals surface area (Å²) in [6.07, 6.45) is 14.3. The molecular weight excluding hydrogens is 384 g/mol. The van der Waals surface area contributed by atoms with Crippen molar-refractivity contribution in [2.24, 2.45) is 34.5 Å². The number of fused-ring (bicyclic) bond motifs is 4. The number of nitrogens with zero attached hydrogens (tertiary/aromatic N) is 2. The van der Waals surface area contributed by atoms with Crippen LogP contribution in [0, 0.1) is 34.5 Å². The van der Waals surface area contributed by atoms with Gasteiger partial charge >= 0.3 is 0 Å². The molecule has 1 aliphatic heterocycles. The zero-order valence-corrected chi connectivity index (χ0v) is 20.1. The third kappa shape index (κ3) is 2.70. The molecule has 4 saturated carbocycles. The summed E-state index contributed by atoms with van der Waals surface area (Å²) in [6, 6.07) is 1.03. The van der Waals surface area contributed by atoms with Gasteiger partial charge in [-0.1, -0.05) is 18.6 Å². The lowest BCUT2D eigenvalue weighted by atomic mass is 9.47. The van der Waals surface area contributed by atoms with Gasteiger partial charge in [0.05, 0.1) is 0 Å². The van der Waals surface area contributed by atoms with Crippen molar-refractivity contribution in [1.82, 2.24) is 9.80 Å². The molecule has 1 N–H and O–H groups in total. The van der Waals surface area contributed by atoms with Gasteiger partial charge in [-0.2, -0.15) is 0 Å². The summed E-state index contributed by atoms with van der Waals surface area (Å²) < 4.78 is 0. The molecule has 4 nitrogen and oxygen atoms in total. The van der Waals surface area contributed by atoms with Crippen LogP contribution in [0.2, 0.25) is 0 Å². The molecule has 6 rings (SSSR count). The molecule has 1 amide bonds. The summed E-state index contributed by atoms with van der Waals surface area (Å²) >= 11 is 0. The Bertz CT molecular complexity index is 818. The maximum atomic E-state index is 12.7. The largest absolute Gasteiger partial charge is 0.380 e. The molecule has 172 valence electrons. The third-order valence-corrected chi connectivity index (χ3v) is 11.7. The van der Waals surface area contributed by atoms with Crippen LogP contribution in [0.25, 0.3) is 0 Å². The summed E-state index contributed by atoms with van der Waals surface area (Å²) in [5, 5.41) is 10.3. The van der Waals surface area contributed by atoms with Crippen molar-refractivity contribution in [3.05, 3.63) is 11.6 Å². The lowest BCUT2D eigenvalue weighted by Gasteiger charge is -2.58. The van der Waals surface area contributed by atoms with Crippen LogP contribution in [0.4, 0.5) is 0 Å². The predicted octanol–water partition coefficient (Wildman–Crippen LogP) is 4.23. The summed E-state index contributed by atoms with van der Waals surface area (Å²) in [5.41, 5.74) is 1.52. The molecule has 1 spiro atoms. The van der Waals surface area contributed by atoms with Gasteiger partial charge in [0.2, 0.25) is 0 Å². The maximum Gasteiger partial charge on any atom is 0.254 e. The van der Waals surface area contributed by atoms with Crippen molar-refractivity contribution in [2.45, 2.75) is 95.7 Å². The quantitative estimate of drug-likeness (QED) is 0.672. The SMILES string of the molecule is C[C@H]1[C@H]2CC[C@H]3[C@@H]4CC=C5C[C@@H](N(C)C(=O)C6(O)CC6)CC[C@]5(C)C4CC[C@]23CN1C. The van der Waals surface area contributed by atoms with Crippen molar-refractivity contribution in [3.63, 3.8) is 0 Å². The van der Waals surface area contributed by atoms with Gasteiger partial charge in [0.25, 0.3) is 5.91 Å². The van der Waals surface area contributed by atoms with Crippen LogP contribution in [0.15, 0.2) is 11.6 Å². The number of allylic oxidation sites excluding steroid dienone is 1. The summed E-state index contributed by atoms with van der Waals surface area (Å²) in [4.78, 5) is 17.3. The number of hydrogen-bond donors (Lipinski definition) is 1. The minimum atomic E-state index is -1.04. The molecule has 4 heteroatoms. The number of likely N-dealkylation sites (N-methyl/N-ethyl adjacent to an activating group) is 1. The van der Waals surface area contributed by atoms with Gasteiger partial charge in [-0.05, 0) is 113 Å². The number of carbonyl (C=O) groups excluding carboxylic acids is 1. The average Bonchev–Trinajstić information content (AvgIpc) is 3.32. The smallest absolute Gasteiger partial charge is 0.254 e. The number of hydrogen-bond acceptors (Lipinski definition) is 3. The minimum absolute atomic E-state index is 0.0357. The normalized spacial score (nSPS) is 50.0. The first-order chi connectivity index (χ1) is 14.7. The molecule has 8 atom stereocenters. The molecule has 0 bridgehead atoms. The first-order valence-corrected chi connectivity index (χ1v) is 13.1. The Kier molecular flexibility index (Phi) is 4.41. The van der Waals surface area contributed by atoms with Crippen LogP contribution in [-0.2, 0) is 4.79 Å². The van der Waals surface area contributed by atoms with E-state index in [0.717, 1.165) is 42.6 Å². The lowest BCUT2D eigenvalue weighted by Crippen LogP contribution is -2.53. The van der Waals surface area contributed by atoms with Crippen LogP contribution in [0.5, 0.6) is 0 Å². The highest BCUT2D eigenvalue weighted by molar-refractivity contribution is 5.87. The minimum Gasteiger partial charge on any atom is -0.380 e. The Morgan fingerprint density at radius 3 is 2.58 bits per heavy atom. The van der Waals surface area contributed by atoms with Crippen molar-refractivity contribution in [1.29, 1.82) is 0 Å². The zero-order chi connectivity index (χ0) is 21.8. The molecule has 0 radical (unpaired) electrons. The molecule has 0 aromatic rings. The first-order valence-electron chi connectivity index (χ1n) is 13.1. The van der Waals surface area contributed by atoms with Crippen LogP contribution < -0.4 is 0 Å². The highest BCUT2D eigenvalue weighted by atomic mass is 16.3. The summed E-state index contributed by atoms with van der Waals surface area (Å²) in [6.45, 7) is 6.37. The second-order valence-corrected chi connectivity index (χ2v) is 12.7. The molecular formula is C27H42N2O2. The van der Waals surface area contributed by atoms with E-state index in [1.165, 1.54) is 45.1 Å². The molecule has 5 aliphatic carbocycles. The lowest BCUT2D eigenvalue weighted by molar-refractivity contribution is -0.144. The van der Waals surface area contributed by atoms with Crippen LogP contribution in [-0.4, -0.2) is 59.1 Å². The van der Waals surface area contributed by atoms with Crippen molar-refractivity contribution >= 4 is 5.91 Å². The van der Waals surface area contributed by atoms with E-state index in [1.807, 2.05) is 11.9 Å². The Balaban J connectivity index is 1.23. The fourth-order valence-electron chi connectivity index (χ4n) is 9.60. The maximum absolute atomic E-state index is 12.7. The molecule has 5 fully saturated rings. The van der Waals surface area contributed by atoms with Crippen LogP contribution in [0.1, 0.15) is 78.1 Å². The Labute approximate surface area is 188 Å². The predicted molar refractivity (Wildman–Crippen MR) is 122 cm³/mol. The van der Waals surface area contributed by atoms with E-state index in [0.29, 0.717) is 23.7 Å². The van der Waals surface area contributed by atoms with Crippen LogP contribution in [0.3, 0.4) is 0 Å². The van der Waals surface area contributed by atoms with E-state index in [1.54, 1.807) is 5.57 Å². The second kappa shape index (κ2) is 6.59. The monoisotopic (exact) mass is 426 g/mol. The Hall–Kier alpha value is -0.870. The van der Waals surface area contributed by atoms with Gasteiger partial charge in [0, 0.05) is 25.7 Å². The highest BCUT2D eigenvalue weighted by Crippen LogP contribution is 2.68. The molecule has 1 unspecified atom stereocenters. The van der Waals surface area contributed by atoms with E-state index >= 15 is 0 Å². The summed E-state index contributed by atoms with van der Waals surface area (Å²) in [5.74, 6) is 3.51. The van der Waals surface area contributed by atoms with Gasteiger partial charge in [-0.15, -0.1) is 0 Å². The van der Waals surface area contributed by atoms with Crippen molar-refractivity contribution < 1.29 is 9.90 Å². The van der Waals surface area contributed by atoms with Gasteiger partial charge in [-0.3, -0.25) is 4.79 Å². The van der Waals surface area contributed by atoms with E-state index in [2.05, 4.69) is 31.9 Å². The Morgan fingerprint density at radius 2 is 1.84 bits per heavy atom. The van der Waals surface area contributed by atoms with Crippen molar-refractivity contribution in [2.75, 3.05) is 20.6 Å². The number of rotatable bonds is 2. The third-order valence-electron chi connectivity index (χ3n) is 11.7. The molecule has 0 aromatic carbocycles. The first kappa shape index (κ1) is 20.7.